The topological polar surface area (TPSA) is 0 Å². The lowest BCUT2D eigenvalue weighted by Gasteiger charge is -2.04. The molecular weight excluding hydrogens is 189 g/mol. The molecule has 0 atom stereocenters. The first-order chi connectivity index (χ1) is 5.57. The number of halogens is 4. The second-order valence-electron chi connectivity index (χ2n) is 2.42. The monoisotopic (exact) mass is 194 g/mol. The first-order valence-electron chi connectivity index (χ1n) is 3.27. The second kappa shape index (κ2) is 3.35. The van der Waals surface area contributed by atoms with E-state index < -0.39 is 23.0 Å². The predicted octanol–water partition coefficient (Wildman–Crippen LogP) is 3.15. The van der Waals surface area contributed by atoms with E-state index in [0.717, 1.165) is 6.07 Å². The smallest absolute Gasteiger partial charge is 0.166 e. The molecule has 0 radical (unpaired) electrons. The van der Waals surface area contributed by atoms with Crippen LogP contribution in [0.25, 0.3) is 0 Å². The molecule has 0 amide bonds. The third kappa shape index (κ3) is 1.41. The maximum atomic E-state index is 13.0. The van der Waals surface area contributed by atoms with Gasteiger partial charge in [0.15, 0.2) is 11.6 Å². The SMILES string of the molecule is Cc1cc(F)c(F)c(CCl)c1F. The van der Waals surface area contributed by atoms with Gasteiger partial charge in [-0.3, -0.25) is 0 Å². The molecule has 0 aliphatic heterocycles. The molecule has 0 bridgehead atoms. The van der Waals surface area contributed by atoms with Crippen LogP contribution in [-0.2, 0) is 5.88 Å². The summed E-state index contributed by atoms with van der Waals surface area (Å²) in [5, 5.41) is 0. The van der Waals surface area contributed by atoms with Crippen molar-refractivity contribution in [1.82, 2.24) is 0 Å². The molecule has 0 unspecified atom stereocenters. The highest BCUT2D eigenvalue weighted by Crippen LogP contribution is 2.20. The van der Waals surface area contributed by atoms with Gasteiger partial charge in [0, 0.05) is 5.56 Å². The van der Waals surface area contributed by atoms with Crippen molar-refractivity contribution < 1.29 is 13.2 Å². The molecule has 0 spiro atoms. The Kier molecular flexibility index (Phi) is 2.62. The molecule has 0 aliphatic carbocycles. The van der Waals surface area contributed by atoms with E-state index in [9.17, 15) is 13.2 Å². The summed E-state index contributed by atoms with van der Waals surface area (Å²) in [6.07, 6.45) is 0. The Balaban J connectivity index is 3.42. The highest BCUT2D eigenvalue weighted by Gasteiger charge is 2.15. The number of hydrogen-bond donors (Lipinski definition) is 0. The van der Waals surface area contributed by atoms with Crippen LogP contribution in [0.15, 0.2) is 6.07 Å². The molecule has 1 rings (SSSR count). The van der Waals surface area contributed by atoms with E-state index in [4.69, 9.17) is 11.6 Å². The van der Waals surface area contributed by atoms with Crippen LogP contribution in [0.5, 0.6) is 0 Å². The van der Waals surface area contributed by atoms with Crippen molar-refractivity contribution in [3.05, 3.63) is 34.6 Å². The Bertz CT molecular complexity index is 283. The van der Waals surface area contributed by atoms with Crippen LogP contribution < -0.4 is 0 Å². The predicted molar refractivity (Wildman–Crippen MR) is 40.6 cm³/mol. The molecule has 0 saturated heterocycles. The van der Waals surface area contributed by atoms with Gasteiger partial charge < -0.3 is 0 Å². The van der Waals surface area contributed by atoms with Crippen molar-refractivity contribution in [2.75, 3.05) is 0 Å². The molecule has 66 valence electrons. The lowest BCUT2D eigenvalue weighted by Crippen LogP contribution is -1.99. The largest absolute Gasteiger partial charge is 0.206 e. The summed E-state index contributed by atoms with van der Waals surface area (Å²) < 4.78 is 38.3. The Morgan fingerprint density at radius 3 is 2.33 bits per heavy atom. The number of rotatable bonds is 1. The quantitative estimate of drug-likeness (QED) is 0.476. The van der Waals surface area contributed by atoms with E-state index in [0.29, 0.717) is 0 Å². The fourth-order valence-electron chi connectivity index (χ4n) is 0.913. The summed E-state index contributed by atoms with van der Waals surface area (Å²) >= 11 is 5.23. The molecule has 4 heteroatoms. The third-order valence-corrected chi connectivity index (χ3v) is 1.83. The van der Waals surface area contributed by atoms with Crippen LogP contribution in [0.4, 0.5) is 13.2 Å². The van der Waals surface area contributed by atoms with Crippen molar-refractivity contribution in [3.63, 3.8) is 0 Å². The number of alkyl halides is 1. The van der Waals surface area contributed by atoms with Gasteiger partial charge in [-0.25, -0.2) is 13.2 Å². The van der Waals surface area contributed by atoms with Crippen molar-refractivity contribution in [1.29, 1.82) is 0 Å². The normalized spacial score (nSPS) is 10.4. The minimum atomic E-state index is -1.20. The first kappa shape index (κ1) is 9.39. The fraction of sp³-hybridized carbons (Fsp3) is 0.250. The summed E-state index contributed by atoms with van der Waals surface area (Å²) in [6.45, 7) is 1.36. The van der Waals surface area contributed by atoms with E-state index in [2.05, 4.69) is 0 Å². The lowest BCUT2D eigenvalue weighted by atomic mass is 10.1. The summed E-state index contributed by atoms with van der Waals surface area (Å²) in [5.74, 6) is -3.41. The van der Waals surface area contributed by atoms with Gasteiger partial charge in [-0.15, -0.1) is 11.6 Å². The molecular formula is C8H6ClF3. The van der Waals surface area contributed by atoms with Crippen LogP contribution in [-0.4, -0.2) is 0 Å². The van der Waals surface area contributed by atoms with Gasteiger partial charge in [0.25, 0.3) is 0 Å². The van der Waals surface area contributed by atoms with Crippen molar-refractivity contribution in [2.24, 2.45) is 0 Å². The molecule has 1 aromatic rings. The van der Waals surface area contributed by atoms with E-state index in [1.54, 1.807) is 0 Å². The Hall–Kier alpha value is -0.700. The summed E-state index contributed by atoms with van der Waals surface area (Å²) in [6, 6.07) is 0.806. The Labute approximate surface area is 73.0 Å². The molecule has 0 aliphatic rings. The fourth-order valence-corrected chi connectivity index (χ4v) is 1.15. The third-order valence-electron chi connectivity index (χ3n) is 1.56. The van der Waals surface area contributed by atoms with Crippen LogP contribution in [0.3, 0.4) is 0 Å². The zero-order chi connectivity index (χ0) is 9.30. The van der Waals surface area contributed by atoms with Crippen LogP contribution in [0.1, 0.15) is 11.1 Å². The lowest BCUT2D eigenvalue weighted by molar-refractivity contribution is 0.482. The van der Waals surface area contributed by atoms with Crippen LogP contribution in [0.2, 0.25) is 0 Å². The Morgan fingerprint density at radius 1 is 1.25 bits per heavy atom. The van der Waals surface area contributed by atoms with Crippen LogP contribution in [0, 0.1) is 24.4 Å². The van der Waals surface area contributed by atoms with Gasteiger partial charge in [-0.1, -0.05) is 0 Å². The summed E-state index contributed by atoms with van der Waals surface area (Å²) in [5.41, 5.74) is -0.348. The molecule has 1 aromatic carbocycles. The zero-order valence-electron chi connectivity index (χ0n) is 6.30. The van der Waals surface area contributed by atoms with Crippen molar-refractivity contribution >= 4 is 11.6 Å². The van der Waals surface area contributed by atoms with E-state index >= 15 is 0 Å². The number of aryl methyl sites for hydroxylation is 1. The molecule has 0 fully saturated rings. The highest BCUT2D eigenvalue weighted by molar-refractivity contribution is 6.17. The van der Waals surface area contributed by atoms with Gasteiger partial charge in [0.2, 0.25) is 0 Å². The van der Waals surface area contributed by atoms with Gasteiger partial charge in [0.1, 0.15) is 5.82 Å². The molecule has 12 heavy (non-hydrogen) atoms. The maximum absolute atomic E-state index is 13.0. The Morgan fingerprint density at radius 2 is 1.83 bits per heavy atom. The minimum Gasteiger partial charge on any atom is -0.206 e. The molecule has 0 nitrogen and oxygen atoms in total. The standard InChI is InChI=1S/C8H6ClF3/c1-4-2-6(10)8(12)5(3-9)7(4)11/h2H,3H2,1H3. The second-order valence-corrected chi connectivity index (χ2v) is 2.68. The highest BCUT2D eigenvalue weighted by atomic mass is 35.5. The number of hydrogen-bond acceptors (Lipinski definition) is 0. The van der Waals surface area contributed by atoms with Crippen molar-refractivity contribution in [3.8, 4) is 0 Å². The average Bonchev–Trinajstić information content (AvgIpc) is 2.02. The van der Waals surface area contributed by atoms with E-state index in [1.807, 2.05) is 0 Å². The summed E-state index contributed by atoms with van der Waals surface area (Å²) in [7, 11) is 0. The molecule has 0 heterocycles. The van der Waals surface area contributed by atoms with E-state index in [1.165, 1.54) is 6.92 Å². The van der Waals surface area contributed by atoms with E-state index in [-0.39, 0.29) is 11.4 Å². The number of benzene rings is 1. The first-order valence-corrected chi connectivity index (χ1v) is 3.80. The van der Waals surface area contributed by atoms with Gasteiger partial charge in [0.05, 0.1) is 5.88 Å². The van der Waals surface area contributed by atoms with Gasteiger partial charge in [-0.05, 0) is 18.6 Å². The van der Waals surface area contributed by atoms with Gasteiger partial charge >= 0.3 is 0 Å². The molecule has 0 aromatic heterocycles. The molecule has 0 N–H and O–H groups in total. The zero-order valence-corrected chi connectivity index (χ0v) is 7.05. The average molecular weight is 195 g/mol. The minimum absolute atomic E-state index is 0.0598. The van der Waals surface area contributed by atoms with Gasteiger partial charge in [-0.2, -0.15) is 0 Å². The van der Waals surface area contributed by atoms with Crippen LogP contribution >= 0.6 is 11.6 Å². The summed E-state index contributed by atoms with van der Waals surface area (Å²) in [4.78, 5) is 0. The van der Waals surface area contributed by atoms with Crippen molar-refractivity contribution in [2.45, 2.75) is 12.8 Å². The molecule has 0 saturated carbocycles. The maximum Gasteiger partial charge on any atom is 0.166 e.